The number of rotatable bonds is 5. The van der Waals surface area contributed by atoms with Gasteiger partial charge in [-0.25, -0.2) is 0 Å². The second kappa shape index (κ2) is 5.22. The van der Waals surface area contributed by atoms with Crippen molar-refractivity contribution in [3.8, 4) is 0 Å². The predicted molar refractivity (Wildman–Crippen MR) is 75.4 cm³/mol. The van der Waals surface area contributed by atoms with Crippen LogP contribution in [0.25, 0.3) is 0 Å². The van der Waals surface area contributed by atoms with Crippen LogP contribution in [0.2, 0.25) is 0 Å². The van der Waals surface area contributed by atoms with Crippen LogP contribution >= 0.6 is 0 Å². The molecular formula is C16H30O2. The molecule has 0 aliphatic heterocycles. The van der Waals surface area contributed by atoms with Crippen molar-refractivity contribution in [2.45, 2.75) is 85.7 Å². The highest BCUT2D eigenvalue weighted by Gasteiger charge is 2.50. The smallest absolute Gasteiger partial charge is 0.312 e. The molecule has 0 spiro atoms. The van der Waals surface area contributed by atoms with Gasteiger partial charge in [-0.1, -0.05) is 27.7 Å². The van der Waals surface area contributed by atoms with E-state index in [-0.39, 0.29) is 22.4 Å². The third-order valence-corrected chi connectivity index (χ3v) is 5.25. The zero-order valence-corrected chi connectivity index (χ0v) is 13.1. The summed E-state index contributed by atoms with van der Waals surface area (Å²) in [5, 5.41) is 0. The van der Waals surface area contributed by atoms with E-state index < -0.39 is 0 Å². The molecule has 2 heteroatoms. The van der Waals surface area contributed by atoms with Gasteiger partial charge in [0.2, 0.25) is 0 Å². The molecule has 106 valence electrons. The molecule has 0 saturated heterocycles. The summed E-state index contributed by atoms with van der Waals surface area (Å²) in [6.07, 6.45) is 6.30. The van der Waals surface area contributed by atoms with Crippen LogP contribution < -0.4 is 0 Å². The lowest BCUT2D eigenvalue weighted by atomic mass is 9.71. The Hall–Kier alpha value is -0.530. The van der Waals surface area contributed by atoms with E-state index in [1.165, 1.54) is 12.8 Å². The van der Waals surface area contributed by atoms with E-state index >= 15 is 0 Å². The van der Waals surface area contributed by atoms with E-state index in [2.05, 4.69) is 20.8 Å². The van der Waals surface area contributed by atoms with Gasteiger partial charge >= 0.3 is 5.97 Å². The molecule has 0 aromatic heterocycles. The van der Waals surface area contributed by atoms with Crippen molar-refractivity contribution in [3.05, 3.63) is 0 Å². The molecule has 0 radical (unpaired) electrons. The first-order valence-corrected chi connectivity index (χ1v) is 7.44. The minimum Gasteiger partial charge on any atom is -0.458 e. The molecule has 0 N–H and O–H groups in total. The van der Waals surface area contributed by atoms with Crippen LogP contribution in [0.15, 0.2) is 0 Å². The highest BCUT2D eigenvalue weighted by atomic mass is 16.6. The second-order valence-corrected chi connectivity index (χ2v) is 7.07. The number of carbonyl (C=O) groups excluding carboxylic acids is 1. The van der Waals surface area contributed by atoms with Crippen LogP contribution in [0.1, 0.15) is 80.1 Å². The normalized spacial score (nSPS) is 19.9. The Morgan fingerprint density at radius 1 is 1.06 bits per heavy atom. The zero-order valence-electron chi connectivity index (χ0n) is 13.1. The average Bonchev–Trinajstić information content (AvgIpc) is 2.79. The molecule has 0 aromatic rings. The predicted octanol–water partition coefficient (Wildman–Crippen LogP) is 4.71. The van der Waals surface area contributed by atoms with Crippen molar-refractivity contribution in [2.75, 3.05) is 0 Å². The minimum atomic E-state index is -0.362. The molecule has 0 heterocycles. The fourth-order valence-electron chi connectivity index (χ4n) is 2.65. The third-order valence-electron chi connectivity index (χ3n) is 5.25. The van der Waals surface area contributed by atoms with Gasteiger partial charge in [-0.05, 0) is 52.4 Å². The fourth-order valence-corrected chi connectivity index (χ4v) is 2.65. The Morgan fingerprint density at radius 3 is 1.94 bits per heavy atom. The van der Waals surface area contributed by atoms with E-state index in [1.54, 1.807) is 0 Å². The van der Waals surface area contributed by atoms with Crippen molar-refractivity contribution in [2.24, 2.45) is 10.8 Å². The van der Waals surface area contributed by atoms with Gasteiger partial charge in [0.1, 0.15) is 5.60 Å². The molecule has 0 aromatic carbocycles. The quantitative estimate of drug-likeness (QED) is 0.664. The third kappa shape index (κ3) is 2.73. The van der Waals surface area contributed by atoms with Gasteiger partial charge in [-0.2, -0.15) is 0 Å². The molecule has 0 bridgehead atoms. The van der Waals surface area contributed by atoms with Gasteiger partial charge in [0, 0.05) is 5.41 Å². The maximum absolute atomic E-state index is 12.4. The van der Waals surface area contributed by atoms with Crippen LogP contribution in [0, 0.1) is 10.8 Å². The summed E-state index contributed by atoms with van der Waals surface area (Å²) in [4.78, 5) is 12.4. The maximum Gasteiger partial charge on any atom is 0.312 e. The molecule has 18 heavy (non-hydrogen) atoms. The number of hydrogen-bond donors (Lipinski definition) is 0. The Bertz CT molecular complexity index is 296. The lowest BCUT2D eigenvalue weighted by Gasteiger charge is -2.44. The van der Waals surface area contributed by atoms with E-state index in [0.29, 0.717) is 0 Å². The van der Waals surface area contributed by atoms with Gasteiger partial charge in [0.25, 0.3) is 0 Å². The Morgan fingerprint density at radius 2 is 1.56 bits per heavy atom. The first kappa shape index (κ1) is 15.5. The number of ether oxygens (including phenoxy) is 1. The van der Waals surface area contributed by atoms with E-state index in [0.717, 1.165) is 25.7 Å². The molecule has 1 aliphatic carbocycles. The Kier molecular flexibility index (Phi) is 4.51. The molecular weight excluding hydrogens is 224 g/mol. The first-order valence-electron chi connectivity index (χ1n) is 7.44. The van der Waals surface area contributed by atoms with Crippen molar-refractivity contribution < 1.29 is 9.53 Å². The summed E-state index contributed by atoms with van der Waals surface area (Å²) in [5.74, 6) is -0.0200. The molecule has 1 saturated carbocycles. The van der Waals surface area contributed by atoms with Crippen molar-refractivity contribution in [1.29, 1.82) is 0 Å². The maximum atomic E-state index is 12.4. The Labute approximate surface area is 112 Å². The van der Waals surface area contributed by atoms with Crippen molar-refractivity contribution in [3.63, 3.8) is 0 Å². The van der Waals surface area contributed by atoms with Gasteiger partial charge in [-0.15, -0.1) is 0 Å². The van der Waals surface area contributed by atoms with E-state index in [1.807, 2.05) is 20.8 Å². The van der Waals surface area contributed by atoms with E-state index in [9.17, 15) is 4.79 Å². The Balaban J connectivity index is 2.92. The van der Waals surface area contributed by atoms with Crippen LogP contribution in [-0.4, -0.2) is 11.6 Å². The molecule has 1 fully saturated rings. The van der Waals surface area contributed by atoms with E-state index in [4.69, 9.17) is 4.74 Å². The molecule has 2 nitrogen and oxygen atoms in total. The van der Waals surface area contributed by atoms with Crippen molar-refractivity contribution >= 4 is 5.97 Å². The molecule has 0 atom stereocenters. The highest BCUT2D eigenvalue weighted by molar-refractivity contribution is 5.76. The van der Waals surface area contributed by atoms with Crippen LogP contribution in [-0.2, 0) is 9.53 Å². The summed E-state index contributed by atoms with van der Waals surface area (Å²) in [6, 6.07) is 0. The summed E-state index contributed by atoms with van der Waals surface area (Å²) >= 11 is 0. The average molecular weight is 254 g/mol. The number of esters is 1. The van der Waals surface area contributed by atoms with Gasteiger partial charge in [0.15, 0.2) is 0 Å². The molecule has 0 unspecified atom stereocenters. The first-order chi connectivity index (χ1) is 8.21. The van der Waals surface area contributed by atoms with Gasteiger partial charge in [0.05, 0.1) is 5.41 Å². The summed E-state index contributed by atoms with van der Waals surface area (Å²) in [6.45, 7) is 12.7. The zero-order chi connectivity index (χ0) is 14.0. The minimum absolute atomic E-state index is 0.0200. The highest BCUT2D eigenvalue weighted by Crippen LogP contribution is 2.49. The molecule has 1 aliphatic rings. The summed E-state index contributed by atoms with van der Waals surface area (Å²) < 4.78 is 6.07. The summed E-state index contributed by atoms with van der Waals surface area (Å²) in [7, 11) is 0. The van der Waals surface area contributed by atoms with Crippen LogP contribution in [0.4, 0.5) is 0 Å². The van der Waals surface area contributed by atoms with Gasteiger partial charge in [-0.3, -0.25) is 4.79 Å². The molecule has 1 rings (SSSR count). The standard InChI is InChI=1S/C16H30O2/c1-7-14(3,4)13(17)18-16(11-9-10-12-16)15(5,6)8-2/h7-12H2,1-6H3. The fraction of sp³-hybridized carbons (Fsp3) is 0.938. The van der Waals surface area contributed by atoms with Crippen LogP contribution in [0.3, 0.4) is 0 Å². The molecule has 0 amide bonds. The largest absolute Gasteiger partial charge is 0.458 e. The van der Waals surface area contributed by atoms with Gasteiger partial charge < -0.3 is 4.74 Å². The lowest BCUT2D eigenvalue weighted by molar-refractivity contribution is -0.185. The topological polar surface area (TPSA) is 26.3 Å². The second-order valence-electron chi connectivity index (χ2n) is 7.07. The SMILES string of the molecule is CCC(C)(C)C(=O)OC1(C(C)(C)CC)CCCC1. The summed E-state index contributed by atoms with van der Waals surface area (Å²) in [5.41, 5.74) is -0.520. The van der Waals surface area contributed by atoms with Crippen LogP contribution in [0.5, 0.6) is 0 Å². The van der Waals surface area contributed by atoms with Crippen molar-refractivity contribution in [1.82, 2.24) is 0 Å². The monoisotopic (exact) mass is 254 g/mol. The number of hydrogen-bond acceptors (Lipinski definition) is 2. The number of carbonyl (C=O) groups is 1. The lowest BCUT2D eigenvalue weighted by Crippen LogP contribution is -2.48.